The summed E-state index contributed by atoms with van der Waals surface area (Å²) in [6, 6.07) is 0. The molecular formula is C6H17N3. The fourth-order valence-corrected chi connectivity index (χ4v) is 0.609. The maximum absolute atomic E-state index is 5.09. The summed E-state index contributed by atoms with van der Waals surface area (Å²) in [5.74, 6) is 5.09. The van der Waals surface area contributed by atoms with Crippen molar-refractivity contribution in [3.05, 3.63) is 0 Å². The van der Waals surface area contributed by atoms with Gasteiger partial charge in [0.15, 0.2) is 0 Å². The molecule has 0 heterocycles. The van der Waals surface area contributed by atoms with Gasteiger partial charge in [0.05, 0.1) is 0 Å². The highest BCUT2D eigenvalue weighted by atomic mass is 15.2. The van der Waals surface area contributed by atoms with Gasteiger partial charge in [0.1, 0.15) is 0 Å². The third-order valence-electron chi connectivity index (χ3n) is 1.40. The highest BCUT2D eigenvalue weighted by molar-refractivity contribution is 4.47. The van der Waals surface area contributed by atoms with Gasteiger partial charge in [-0.1, -0.05) is 6.92 Å². The number of hydrogen-bond acceptors (Lipinski definition) is 3. The molecule has 0 saturated carbocycles. The standard InChI is InChI=1S/C6H17N3/c1-3-9(2)6-4-5-8-7/h8H,3-7H2,1-2H3. The van der Waals surface area contributed by atoms with Crippen molar-refractivity contribution in [1.82, 2.24) is 10.3 Å². The maximum atomic E-state index is 5.09. The number of hydrazine groups is 1. The zero-order valence-electron chi connectivity index (χ0n) is 6.35. The van der Waals surface area contributed by atoms with Crippen molar-refractivity contribution in [2.24, 2.45) is 5.84 Å². The molecule has 0 aromatic rings. The Labute approximate surface area is 57.2 Å². The number of nitrogens with zero attached hydrogens (tertiary/aromatic N) is 1. The molecule has 56 valence electrons. The molecule has 0 amide bonds. The Balaban J connectivity index is 2.88. The Morgan fingerprint density at radius 2 is 2.22 bits per heavy atom. The van der Waals surface area contributed by atoms with Crippen LogP contribution in [0.25, 0.3) is 0 Å². The number of hydrogen-bond donors (Lipinski definition) is 2. The van der Waals surface area contributed by atoms with Crippen molar-refractivity contribution in [1.29, 1.82) is 0 Å². The van der Waals surface area contributed by atoms with Crippen LogP contribution in [-0.2, 0) is 0 Å². The Hall–Kier alpha value is -0.120. The molecule has 0 radical (unpaired) electrons. The third-order valence-corrected chi connectivity index (χ3v) is 1.40. The van der Waals surface area contributed by atoms with Gasteiger partial charge in [-0.25, -0.2) is 0 Å². The normalized spacial score (nSPS) is 10.7. The van der Waals surface area contributed by atoms with Crippen LogP contribution in [0.1, 0.15) is 13.3 Å². The van der Waals surface area contributed by atoms with Crippen LogP contribution in [-0.4, -0.2) is 31.6 Å². The first-order chi connectivity index (χ1) is 4.31. The van der Waals surface area contributed by atoms with E-state index in [-0.39, 0.29) is 0 Å². The van der Waals surface area contributed by atoms with Gasteiger partial charge >= 0.3 is 0 Å². The summed E-state index contributed by atoms with van der Waals surface area (Å²) in [5, 5.41) is 0. The fraction of sp³-hybridized carbons (Fsp3) is 1.00. The Kier molecular flexibility index (Phi) is 5.93. The molecule has 0 bridgehead atoms. The molecule has 0 aliphatic rings. The van der Waals surface area contributed by atoms with Crippen LogP contribution < -0.4 is 11.3 Å². The van der Waals surface area contributed by atoms with Crippen LogP contribution in [0.15, 0.2) is 0 Å². The van der Waals surface area contributed by atoms with E-state index >= 15 is 0 Å². The zero-order valence-corrected chi connectivity index (χ0v) is 6.35. The zero-order chi connectivity index (χ0) is 7.11. The molecule has 0 saturated heterocycles. The van der Waals surface area contributed by atoms with Crippen molar-refractivity contribution >= 4 is 0 Å². The van der Waals surface area contributed by atoms with Gasteiger partial charge < -0.3 is 4.90 Å². The van der Waals surface area contributed by atoms with E-state index in [1.54, 1.807) is 0 Å². The Bertz CT molecular complexity index is 56.3. The average molecular weight is 131 g/mol. The summed E-state index contributed by atoms with van der Waals surface area (Å²) in [6.07, 6.45) is 1.13. The first kappa shape index (κ1) is 8.88. The lowest BCUT2D eigenvalue weighted by Crippen LogP contribution is -2.27. The van der Waals surface area contributed by atoms with Crippen molar-refractivity contribution in [2.75, 3.05) is 26.7 Å². The molecule has 0 aliphatic carbocycles. The van der Waals surface area contributed by atoms with Crippen molar-refractivity contribution in [3.63, 3.8) is 0 Å². The molecular weight excluding hydrogens is 114 g/mol. The lowest BCUT2D eigenvalue weighted by atomic mass is 10.4. The minimum absolute atomic E-state index is 0.907. The molecule has 0 atom stereocenters. The minimum atomic E-state index is 0.907. The largest absolute Gasteiger partial charge is 0.307 e. The van der Waals surface area contributed by atoms with Crippen LogP contribution in [0.2, 0.25) is 0 Å². The summed E-state index contributed by atoms with van der Waals surface area (Å²) >= 11 is 0. The fourth-order valence-electron chi connectivity index (χ4n) is 0.609. The van der Waals surface area contributed by atoms with Crippen LogP contribution >= 0.6 is 0 Å². The van der Waals surface area contributed by atoms with E-state index in [1.807, 2.05) is 0 Å². The van der Waals surface area contributed by atoms with Crippen LogP contribution in [0, 0.1) is 0 Å². The van der Waals surface area contributed by atoms with Gasteiger partial charge in [-0.15, -0.1) is 0 Å². The summed E-state index contributed by atoms with van der Waals surface area (Å²) < 4.78 is 0. The van der Waals surface area contributed by atoms with Crippen LogP contribution in [0.5, 0.6) is 0 Å². The van der Waals surface area contributed by atoms with Crippen LogP contribution in [0.4, 0.5) is 0 Å². The van der Waals surface area contributed by atoms with E-state index in [1.165, 1.54) is 0 Å². The van der Waals surface area contributed by atoms with Crippen LogP contribution in [0.3, 0.4) is 0 Å². The molecule has 0 aromatic heterocycles. The minimum Gasteiger partial charge on any atom is -0.307 e. The molecule has 9 heavy (non-hydrogen) atoms. The molecule has 0 aromatic carbocycles. The molecule has 0 spiro atoms. The number of nitrogens with two attached hydrogens (primary N) is 1. The van der Waals surface area contributed by atoms with E-state index < -0.39 is 0 Å². The van der Waals surface area contributed by atoms with E-state index in [2.05, 4.69) is 24.3 Å². The topological polar surface area (TPSA) is 41.3 Å². The summed E-state index contributed by atoms with van der Waals surface area (Å²) in [7, 11) is 2.11. The number of nitrogens with one attached hydrogen (secondary N) is 1. The molecule has 0 fully saturated rings. The van der Waals surface area contributed by atoms with E-state index in [9.17, 15) is 0 Å². The van der Waals surface area contributed by atoms with E-state index in [4.69, 9.17) is 5.84 Å². The third kappa shape index (κ3) is 5.76. The summed E-state index contributed by atoms with van der Waals surface area (Å²) in [4.78, 5) is 2.26. The lowest BCUT2D eigenvalue weighted by molar-refractivity contribution is 0.345. The van der Waals surface area contributed by atoms with E-state index in [0.29, 0.717) is 0 Å². The van der Waals surface area contributed by atoms with Crippen molar-refractivity contribution in [3.8, 4) is 0 Å². The highest BCUT2D eigenvalue weighted by Gasteiger charge is 1.90. The first-order valence-corrected chi connectivity index (χ1v) is 3.43. The summed E-state index contributed by atoms with van der Waals surface area (Å²) in [6.45, 7) is 5.30. The molecule has 3 N–H and O–H groups in total. The molecule has 3 nitrogen and oxygen atoms in total. The number of rotatable bonds is 5. The smallest absolute Gasteiger partial charge is 0.0110 e. The predicted molar refractivity (Wildman–Crippen MR) is 40.0 cm³/mol. The molecule has 0 rings (SSSR count). The second-order valence-corrected chi connectivity index (χ2v) is 2.20. The molecule has 3 heteroatoms. The maximum Gasteiger partial charge on any atom is 0.0110 e. The summed E-state index contributed by atoms with van der Waals surface area (Å²) in [5.41, 5.74) is 2.62. The Morgan fingerprint density at radius 3 is 2.67 bits per heavy atom. The van der Waals surface area contributed by atoms with Gasteiger partial charge in [-0.05, 0) is 26.6 Å². The molecule has 0 unspecified atom stereocenters. The molecule has 0 aliphatic heterocycles. The van der Waals surface area contributed by atoms with Crippen molar-refractivity contribution in [2.45, 2.75) is 13.3 Å². The lowest BCUT2D eigenvalue weighted by Gasteiger charge is -2.12. The Morgan fingerprint density at radius 1 is 1.56 bits per heavy atom. The van der Waals surface area contributed by atoms with Gasteiger partial charge in [0.25, 0.3) is 0 Å². The van der Waals surface area contributed by atoms with Gasteiger partial charge in [0.2, 0.25) is 0 Å². The monoisotopic (exact) mass is 131 g/mol. The van der Waals surface area contributed by atoms with Gasteiger partial charge in [0, 0.05) is 6.54 Å². The second kappa shape index (κ2) is 6.01. The highest BCUT2D eigenvalue weighted by Crippen LogP contribution is 1.82. The first-order valence-electron chi connectivity index (χ1n) is 3.43. The van der Waals surface area contributed by atoms with E-state index in [0.717, 1.165) is 26.1 Å². The van der Waals surface area contributed by atoms with Gasteiger partial charge in [-0.3, -0.25) is 11.3 Å². The average Bonchev–Trinajstić information content (AvgIpc) is 1.89. The quantitative estimate of drug-likeness (QED) is 0.308. The SMILES string of the molecule is CCN(C)CCCNN. The second-order valence-electron chi connectivity index (χ2n) is 2.20. The van der Waals surface area contributed by atoms with Gasteiger partial charge in [-0.2, -0.15) is 0 Å². The predicted octanol–water partition coefficient (Wildman–Crippen LogP) is -0.208. The van der Waals surface area contributed by atoms with Crippen molar-refractivity contribution < 1.29 is 0 Å².